The lowest BCUT2D eigenvalue weighted by Gasteiger charge is -2.13. The highest BCUT2D eigenvalue weighted by molar-refractivity contribution is 5.94. The van der Waals surface area contributed by atoms with Crippen molar-refractivity contribution in [1.29, 1.82) is 0 Å². The lowest BCUT2D eigenvalue weighted by atomic mass is 10.0. The van der Waals surface area contributed by atoms with Crippen LogP contribution >= 0.6 is 0 Å². The van der Waals surface area contributed by atoms with Crippen LogP contribution in [0.4, 0.5) is 0 Å². The Bertz CT molecular complexity index is 1030. The summed E-state index contributed by atoms with van der Waals surface area (Å²) in [7, 11) is 1.84. The van der Waals surface area contributed by atoms with Gasteiger partial charge in [-0.1, -0.05) is 24.3 Å². The van der Waals surface area contributed by atoms with E-state index in [1.54, 1.807) is 23.2 Å². The molecule has 1 saturated carbocycles. The monoisotopic (exact) mass is 391 g/mol. The molecule has 29 heavy (non-hydrogen) atoms. The molecule has 2 unspecified atom stereocenters. The van der Waals surface area contributed by atoms with Crippen LogP contribution < -0.4 is 10.6 Å². The van der Waals surface area contributed by atoms with E-state index in [-0.39, 0.29) is 17.9 Å². The highest BCUT2D eigenvalue weighted by Crippen LogP contribution is 2.28. The van der Waals surface area contributed by atoms with Gasteiger partial charge in [-0.3, -0.25) is 9.59 Å². The maximum absolute atomic E-state index is 12.4. The van der Waals surface area contributed by atoms with Gasteiger partial charge in [0.15, 0.2) is 0 Å². The van der Waals surface area contributed by atoms with E-state index in [1.807, 2.05) is 37.4 Å². The molecule has 0 aliphatic heterocycles. The van der Waals surface area contributed by atoms with E-state index in [2.05, 4.69) is 20.6 Å². The van der Waals surface area contributed by atoms with Crippen molar-refractivity contribution in [2.45, 2.75) is 31.7 Å². The summed E-state index contributed by atoms with van der Waals surface area (Å²) in [4.78, 5) is 33.1. The minimum Gasteiger partial charge on any atom is -0.351 e. The summed E-state index contributed by atoms with van der Waals surface area (Å²) in [6.07, 6.45) is 7.19. The molecular formula is C22H25N5O2. The van der Waals surface area contributed by atoms with Gasteiger partial charge in [0, 0.05) is 31.2 Å². The van der Waals surface area contributed by atoms with Crippen LogP contribution in [0.15, 0.2) is 48.9 Å². The summed E-state index contributed by atoms with van der Waals surface area (Å²) in [6.45, 7) is 0.610. The van der Waals surface area contributed by atoms with E-state index in [9.17, 15) is 9.59 Å². The lowest BCUT2D eigenvalue weighted by molar-refractivity contribution is 0.0930. The number of carbonyl (C=O) groups is 2. The van der Waals surface area contributed by atoms with Gasteiger partial charge >= 0.3 is 0 Å². The summed E-state index contributed by atoms with van der Waals surface area (Å²) in [5.41, 5.74) is 1.71. The van der Waals surface area contributed by atoms with E-state index >= 15 is 0 Å². The Labute approximate surface area is 169 Å². The third kappa shape index (κ3) is 4.62. The van der Waals surface area contributed by atoms with Crippen molar-refractivity contribution in [3.63, 3.8) is 0 Å². The van der Waals surface area contributed by atoms with E-state index in [4.69, 9.17) is 0 Å². The average molecular weight is 391 g/mol. The van der Waals surface area contributed by atoms with Gasteiger partial charge in [0.1, 0.15) is 11.4 Å². The summed E-state index contributed by atoms with van der Waals surface area (Å²) in [5.74, 6) is 0.231. The van der Waals surface area contributed by atoms with E-state index < -0.39 is 0 Å². The van der Waals surface area contributed by atoms with Gasteiger partial charge in [-0.25, -0.2) is 9.97 Å². The van der Waals surface area contributed by atoms with Crippen LogP contribution in [0.2, 0.25) is 0 Å². The summed E-state index contributed by atoms with van der Waals surface area (Å²) < 4.78 is 1.76. The van der Waals surface area contributed by atoms with Crippen molar-refractivity contribution in [3.8, 4) is 0 Å². The number of hydrogen-bond acceptors (Lipinski definition) is 4. The highest BCUT2D eigenvalue weighted by Gasteiger charge is 2.26. The normalized spacial score (nSPS) is 18.7. The molecule has 150 valence electrons. The number of para-hydroxylation sites is 1. The number of aromatic nitrogens is 3. The first-order chi connectivity index (χ1) is 14.1. The number of rotatable bonds is 6. The van der Waals surface area contributed by atoms with Crippen LogP contribution in [0, 0.1) is 5.92 Å². The first-order valence-corrected chi connectivity index (χ1v) is 10.0. The number of nitrogens with one attached hydrogen (secondary N) is 2. The predicted octanol–water partition coefficient (Wildman–Crippen LogP) is 2.69. The zero-order valence-electron chi connectivity index (χ0n) is 16.5. The second-order valence-corrected chi connectivity index (χ2v) is 7.71. The molecule has 1 aromatic carbocycles. The number of fused-ring (bicyclic) bond motifs is 1. The number of aryl methyl sites for hydroxylation is 1. The fourth-order valence-corrected chi connectivity index (χ4v) is 3.93. The van der Waals surface area contributed by atoms with Crippen molar-refractivity contribution in [1.82, 2.24) is 25.2 Å². The van der Waals surface area contributed by atoms with Crippen molar-refractivity contribution in [3.05, 3.63) is 60.3 Å². The van der Waals surface area contributed by atoms with Gasteiger partial charge in [0.2, 0.25) is 0 Å². The molecule has 7 heteroatoms. The van der Waals surface area contributed by atoms with Gasteiger partial charge < -0.3 is 15.2 Å². The molecule has 2 amide bonds. The second kappa shape index (κ2) is 8.43. The third-order valence-corrected chi connectivity index (χ3v) is 5.48. The average Bonchev–Trinajstić information content (AvgIpc) is 3.36. The molecular weight excluding hydrogens is 366 g/mol. The number of pyridine rings is 1. The van der Waals surface area contributed by atoms with Gasteiger partial charge in [-0.2, -0.15) is 0 Å². The Morgan fingerprint density at radius 1 is 1.10 bits per heavy atom. The molecule has 3 aromatic rings. The maximum atomic E-state index is 12.4. The summed E-state index contributed by atoms with van der Waals surface area (Å²) >= 11 is 0. The smallest absolute Gasteiger partial charge is 0.271 e. The Kier molecular flexibility index (Phi) is 5.55. The molecule has 2 aromatic heterocycles. The Balaban J connectivity index is 1.22. The molecule has 1 fully saturated rings. The van der Waals surface area contributed by atoms with E-state index in [0.717, 1.165) is 36.6 Å². The van der Waals surface area contributed by atoms with Gasteiger partial charge in [0.25, 0.3) is 11.8 Å². The number of imidazole rings is 1. The number of hydrogen-bond donors (Lipinski definition) is 2. The summed E-state index contributed by atoms with van der Waals surface area (Å²) in [5, 5.41) is 7.06. The van der Waals surface area contributed by atoms with Crippen LogP contribution in [-0.2, 0) is 7.05 Å². The Morgan fingerprint density at radius 3 is 2.79 bits per heavy atom. The lowest BCUT2D eigenvalue weighted by Crippen LogP contribution is -2.33. The maximum Gasteiger partial charge on any atom is 0.271 e. The van der Waals surface area contributed by atoms with Gasteiger partial charge in [-0.15, -0.1) is 0 Å². The molecule has 1 aliphatic rings. The fraction of sp³-hybridized carbons (Fsp3) is 0.364. The van der Waals surface area contributed by atoms with E-state index in [0.29, 0.717) is 23.9 Å². The molecule has 0 spiro atoms. The predicted molar refractivity (Wildman–Crippen MR) is 110 cm³/mol. The zero-order valence-corrected chi connectivity index (χ0v) is 16.5. The molecule has 2 N–H and O–H groups in total. The quantitative estimate of drug-likeness (QED) is 0.676. The molecule has 7 nitrogen and oxygen atoms in total. The number of carbonyl (C=O) groups excluding carboxylic acids is 2. The molecule has 0 saturated heterocycles. The first kappa shape index (κ1) is 19.1. The Morgan fingerprint density at radius 2 is 1.97 bits per heavy atom. The fourth-order valence-electron chi connectivity index (χ4n) is 3.93. The minimum atomic E-state index is -0.145. The highest BCUT2D eigenvalue weighted by atomic mass is 16.2. The minimum absolute atomic E-state index is 0.119. The van der Waals surface area contributed by atoms with Gasteiger partial charge in [-0.05, 0) is 43.7 Å². The molecule has 0 radical (unpaired) electrons. The zero-order chi connectivity index (χ0) is 20.2. The van der Waals surface area contributed by atoms with Crippen molar-refractivity contribution in [2.75, 3.05) is 6.54 Å². The number of amides is 2. The topological polar surface area (TPSA) is 88.9 Å². The summed E-state index contributed by atoms with van der Waals surface area (Å²) in [6, 6.07) is 11.6. The van der Waals surface area contributed by atoms with Gasteiger partial charge in [0.05, 0.1) is 11.8 Å². The SMILES string of the molecule is Cn1cnc(C(=O)NC2CCC(CCNC(=O)c3ccc4ccccc4n3)C2)c1. The number of benzene rings is 1. The van der Waals surface area contributed by atoms with Crippen molar-refractivity contribution in [2.24, 2.45) is 13.0 Å². The van der Waals surface area contributed by atoms with Crippen LogP contribution in [0.3, 0.4) is 0 Å². The molecule has 2 atom stereocenters. The molecule has 2 heterocycles. The molecule has 1 aliphatic carbocycles. The van der Waals surface area contributed by atoms with Crippen molar-refractivity contribution < 1.29 is 9.59 Å². The first-order valence-electron chi connectivity index (χ1n) is 10.0. The third-order valence-electron chi connectivity index (χ3n) is 5.48. The standard InChI is InChI=1S/C22H25N5O2/c1-27-13-20(24-14-27)22(29)25-17-8-6-15(12-17)10-11-23-21(28)19-9-7-16-4-2-3-5-18(16)26-19/h2-5,7,9,13-15,17H,6,8,10-12H2,1H3,(H,23,28)(H,25,29). The van der Waals surface area contributed by atoms with Crippen molar-refractivity contribution >= 4 is 22.7 Å². The molecule has 0 bridgehead atoms. The van der Waals surface area contributed by atoms with Crippen LogP contribution in [0.25, 0.3) is 10.9 Å². The largest absolute Gasteiger partial charge is 0.351 e. The number of nitrogens with zero attached hydrogens (tertiary/aromatic N) is 3. The second-order valence-electron chi connectivity index (χ2n) is 7.71. The Hall–Kier alpha value is -3.22. The van der Waals surface area contributed by atoms with Crippen LogP contribution in [-0.4, -0.2) is 38.9 Å². The van der Waals surface area contributed by atoms with Crippen LogP contribution in [0.1, 0.15) is 46.7 Å². The molecule has 4 rings (SSSR count). The van der Waals surface area contributed by atoms with E-state index in [1.165, 1.54) is 0 Å². The van der Waals surface area contributed by atoms with Crippen LogP contribution in [0.5, 0.6) is 0 Å².